The van der Waals surface area contributed by atoms with Gasteiger partial charge >= 0.3 is 0 Å². The molecule has 0 N–H and O–H groups in total. The van der Waals surface area contributed by atoms with Crippen LogP contribution in [0, 0.1) is 6.92 Å². The first-order valence-electron chi connectivity index (χ1n) is 11.0. The van der Waals surface area contributed by atoms with Crippen LogP contribution in [-0.2, 0) is 28.7 Å². The second kappa shape index (κ2) is 10.4. The Morgan fingerprint density at radius 2 is 1.50 bits per heavy atom. The van der Waals surface area contributed by atoms with Crippen molar-refractivity contribution in [2.24, 2.45) is 0 Å². The lowest BCUT2D eigenvalue weighted by Crippen LogP contribution is -2.30. The van der Waals surface area contributed by atoms with E-state index in [9.17, 15) is 13.2 Å². The highest BCUT2D eigenvalue weighted by Gasteiger charge is 2.19. The molecule has 0 saturated heterocycles. The summed E-state index contributed by atoms with van der Waals surface area (Å²) in [6, 6.07) is 27.0. The quantitative estimate of drug-likeness (QED) is 0.355. The van der Waals surface area contributed by atoms with Gasteiger partial charge in [-0.05, 0) is 59.5 Å². The fourth-order valence-corrected chi connectivity index (χ4v) is 5.13. The third-order valence-corrected chi connectivity index (χ3v) is 7.37. The molecular formula is C28H26N2O3S. The van der Waals surface area contributed by atoms with Gasteiger partial charge in [-0.3, -0.25) is 9.78 Å². The Morgan fingerprint density at radius 3 is 2.18 bits per heavy atom. The maximum atomic E-state index is 13.5. The molecule has 0 spiro atoms. The summed E-state index contributed by atoms with van der Waals surface area (Å²) in [6.07, 6.45) is 3.47. The van der Waals surface area contributed by atoms with Crippen LogP contribution in [-0.4, -0.2) is 24.2 Å². The zero-order chi connectivity index (χ0) is 24.0. The average Bonchev–Trinajstić information content (AvgIpc) is 2.86. The van der Waals surface area contributed by atoms with E-state index in [-0.39, 0.29) is 16.6 Å². The van der Waals surface area contributed by atoms with E-state index < -0.39 is 9.84 Å². The lowest BCUT2D eigenvalue weighted by molar-refractivity contribution is 0.0729. The van der Waals surface area contributed by atoms with Gasteiger partial charge in [0.2, 0.25) is 0 Å². The second-order valence-electron chi connectivity index (χ2n) is 8.22. The van der Waals surface area contributed by atoms with Crippen LogP contribution in [0.5, 0.6) is 0 Å². The van der Waals surface area contributed by atoms with Crippen LogP contribution in [0.15, 0.2) is 108 Å². The molecule has 0 aliphatic rings. The lowest BCUT2D eigenvalue weighted by atomic mass is 10.1. The monoisotopic (exact) mass is 470 g/mol. The van der Waals surface area contributed by atoms with Crippen LogP contribution in [0.2, 0.25) is 0 Å². The number of hydrogen-bond acceptors (Lipinski definition) is 4. The summed E-state index contributed by atoms with van der Waals surface area (Å²) in [6.45, 7) is 2.92. The molecule has 0 aliphatic heterocycles. The van der Waals surface area contributed by atoms with Crippen molar-refractivity contribution < 1.29 is 13.2 Å². The fraction of sp³-hybridized carbons (Fsp3) is 0.143. The molecule has 0 saturated carbocycles. The van der Waals surface area contributed by atoms with Crippen LogP contribution < -0.4 is 0 Å². The van der Waals surface area contributed by atoms with Gasteiger partial charge in [0.1, 0.15) is 0 Å². The Bertz CT molecular complexity index is 1350. The zero-order valence-corrected chi connectivity index (χ0v) is 19.8. The second-order valence-corrected chi connectivity index (χ2v) is 10.2. The molecule has 4 rings (SSSR count). The molecular weight excluding hydrogens is 444 g/mol. The largest absolute Gasteiger partial charge is 0.330 e. The molecule has 0 fully saturated rings. The molecule has 0 aliphatic carbocycles. The van der Waals surface area contributed by atoms with E-state index in [1.165, 1.54) is 0 Å². The van der Waals surface area contributed by atoms with E-state index in [2.05, 4.69) is 4.98 Å². The first kappa shape index (κ1) is 23.4. The van der Waals surface area contributed by atoms with Crippen molar-refractivity contribution in [2.75, 3.05) is 0 Å². The molecule has 1 amide bonds. The van der Waals surface area contributed by atoms with Crippen molar-refractivity contribution in [1.29, 1.82) is 0 Å². The van der Waals surface area contributed by atoms with E-state index in [0.717, 1.165) is 16.7 Å². The first-order valence-corrected chi connectivity index (χ1v) is 12.7. The van der Waals surface area contributed by atoms with Gasteiger partial charge < -0.3 is 4.90 Å². The topological polar surface area (TPSA) is 67.3 Å². The van der Waals surface area contributed by atoms with Gasteiger partial charge in [-0.25, -0.2) is 8.42 Å². The fourth-order valence-electron chi connectivity index (χ4n) is 3.76. The van der Waals surface area contributed by atoms with Crippen LogP contribution >= 0.6 is 0 Å². The number of benzene rings is 3. The molecule has 3 aromatic carbocycles. The van der Waals surface area contributed by atoms with E-state index in [1.54, 1.807) is 71.9 Å². The smallest absolute Gasteiger partial charge is 0.254 e. The van der Waals surface area contributed by atoms with Gasteiger partial charge in [-0.1, -0.05) is 60.7 Å². The van der Waals surface area contributed by atoms with Crippen LogP contribution in [0.4, 0.5) is 0 Å². The normalized spacial score (nSPS) is 11.2. The highest BCUT2D eigenvalue weighted by atomic mass is 32.2. The van der Waals surface area contributed by atoms with E-state index in [4.69, 9.17) is 0 Å². The number of rotatable bonds is 8. The Kier molecular flexibility index (Phi) is 7.18. The minimum atomic E-state index is -3.45. The number of aromatic nitrogens is 1. The van der Waals surface area contributed by atoms with Gasteiger partial charge in [-0.15, -0.1) is 0 Å². The minimum Gasteiger partial charge on any atom is -0.330 e. The van der Waals surface area contributed by atoms with E-state index in [1.807, 2.05) is 43.3 Å². The molecule has 0 atom stereocenters. The summed E-state index contributed by atoms with van der Waals surface area (Å²) in [5, 5.41) is 0. The SMILES string of the molecule is Cc1ccccc1CN(Cc1cccnc1)C(=O)c1ccc(CS(=O)(=O)c2ccccc2)cc1. The molecule has 0 bridgehead atoms. The van der Waals surface area contributed by atoms with Crippen molar-refractivity contribution in [1.82, 2.24) is 9.88 Å². The number of amides is 1. The maximum absolute atomic E-state index is 13.5. The Hall–Kier alpha value is -3.77. The molecule has 4 aromatic rings. The summed E-state index contributed by atoms with van der Waals surface area (Å²) < 4.78 is 25.4. The average molecular weight is 471 g/mol. The number of carbonyl (C=O) groups excluding carboxylic acids is 1. The summed E-state index contributed by atoms with van der Waals surface area (Å²) >= 11 is 0. The van der Waals surface area contributed by atoms with E-state index >= 15 is 0 Å². The highest BCUT2D eigenvalue weighted by molar-refractivity contribution is 7.90. The molecule has 172 valence electrons. The summed E-state index contributed by atoms with van der Waals surface area (Å²) in [5.41, 5.74) is 4.28. The van der Waals surface area contributed by atoms with Crippen molar-refractivity contribution in [3.05, 3.63) is 131 Å². The Labute approximate surface area is 200 Å². The summed E-state index contributed by atoms with van der Waals surface area (Å²) in [5.74, 6) is -0.238. The predicted octanol–water partition coefficient (Wildman–Crippen LogP) is 5.21. The standard InChI is InChI=1S/C28H26N2O3S/c1-22-8-5-6-10-26(22)20-30(19-24-9-7-17-29-18-24)28(31)25-15-13-23(14-16-25)21-34(32,33)27-11-3-2-4-12-27/h2-18H,19-21H2,1H3. The molecule has 1 heterocycles. The lowest BCUT2D eigenvalue weighted by Gasteiger charge is -2.24. The molecule has 0 radical (unpaired) electrons. The van der Waals surface area contributed by atoms with Crippen molar-refractivity contribution in [2.45, 2.75) is 30.7 Å². The Balaban J connectivity index is 1.55. The van der Waals surface area contributed by atoms with Gasteiger partial charge in [0.15, 0.2) is 9.84 Å². The van der Waals surface area contributed by atoms with Crippen molar-refractivity contribution in [3.63, 3.8) is 0 Å². The maximum Gasteiger partial charge on any atom is 0.254 e. The number of hydrogen-bond donors (Lipinski definition) is 0. The minimum absolute atomic E-state index is 0.117. The zero-order valence-electron chi connectivity index (χ0n) is 19.0. The third kappa shape index (κ3) is 5.77. The van der Waals surface area contributed by atoms with Crippen LogP contribution in [0.25, 0.3) is 0 Å². The van der Waals surface area contributed by atoms with Gasteiger partial charge in [0.05, 0.1) is 10.6 Å². The van der Waals surface area contributed by atoms with Crippen molar-refractivity contribution >= 4 is 15.7 Å². The number of nitrogens with zero attached hydrogens (tertiary/aromatic N) is 2. The number of sulfone groups is 1. The Morgan fingerprint density at radius 1 is 0.794 bits per heavy atom. The molecule has 0 unspecified atom stereocenters. The molecule has 34 heavy (non-hydrogen) atoms. The number of aryl methyl sites for hydroxylation is 1. The van der Waals surface area contributed by atoms with Gasteiger partial charge in [0.25, 0.3) is 5.91 Å². The highest BCUT2D eigenvalue weighted by Crippen LogP contribution is 2.19. The summed E-state index contributed by atoms with van der Waals surface area (Å²) in [4.78, 5) is 19.7. The third-order valence-electron chi connectivity index (χ3n) is 5.67. The summed E-state index contributed by atoms with van der Waals surface area (Å²) in [7, 11) is -3.45. The number of carbonyl (C=O) groups is 1. The molecule has 6 heteroatoms. The first-order chi connectivity index (χ1) is 16.4. The number of pyridine rings is 1. The molecule has 1 aromatic heterocycles. The van der Waals surface area contributed by atoms with E-state index in [0.29, 0.717) is 24.2 Å². The predicted molar refractivity (Wildman–Crippen MR) is 133 cm³/mol. The molecule has 5 nitrogen and oxygen atoms in total. The van der Waals surface area contributed by atoms with Gasteiger partial charge in [0, 0.05) is 31.0 Å². The van der Waals surface area contributed by atoms with Crippen LogP contribution in [0.1, 0.15) is 32.6 Å². The van der Waals surface area contributed by atoms with Crippen molar-refractivity contribution in [3.8, 4) is 0 Å². The van der Waals surface area contributed by atoms with Crippen LogP contribution in [0.3, 0.4) is 0 Å². The van der Waals surface area contributed by atoms with Gasteiger partial charge in [-0.2, -0.15) is 0 Å².